The molecule has 3 aliphatic rings. The van der Waals surface area contributed by atoms with E-state index in [0.717, 1.165) is 31.9 Å². The highest BCUT2D eigenvalue weighted by atomic mass is 19.4. The van der Waals surface area contributed by atoms with Gasteiger partial charge < -0.3 is 20.5 Å². The maximum Gasteiger partial charge on any atom is 0.419 e. The van der Waals surface area contributed by atoms with Crippen molar-refractivity contribution in [1.29, 1.82) is 0 Å². The predicted molar refractivity (Wildman–Crippen MR) is 118 cm³/mol. The average Bonchev–Trinajstić information content (AvgIpc) is 3.52. The zero-order valence-corrected chi connectivity index (χ0v) is 18.9. The van der Waals surface area contributed by atoms with Gasteiger partial charge >= 0.3 is 6.18 Å². The van der Waals surface area contributed by atoms with Crippen molar-refractivity contribution >= 4 is 11.9 Å². The Kier molecular flexibility index (Phi) is 5.38. The van der Waals surface area contributed by atoms with Crippen LogP contribution in [0, 0.1) is 0 Å². The number of nitrogens with zero attached hydrogens (tertiary/aromatic N) is 3. The monoisotopic (exact) mass is 462 g/mol. The highest BCUT2D eigenvalue weighted by Crippen LogP contribution is 2.40. The number of amides is 1. The summed E-state index contributed by atoms with van der Waals surface area (Å²) in [6.07, 6.45) is 2.74. The van der Waals surface area contributed by atoms with E-state index >= 15 is 0 Å². The third-order valence-corrected chi connectivity index (χ3v) is 6.90. The zero-order chi connectivity index (χ0) is 23.4. The number of rotatable bonds is 4. The molecule has 1 atom stereocenters. The van der Waals surface area contributed by atoms with Crippen LogP contribution >= 0.6 is 0 Å². The Morgan fingerprint density at radius 2 is 2.03 bits per heavy atom. The van der Waals surface area contributed by atoms with Crippen LogP contribution in [0.15, 0.2) is 12.4 Å². The van der Waals surface area contributed by atoms with Crippen molar-refractivity contribution in [3.8, 4) is 11.3 Å². The van der Waals surface area contributed by atoms with Crippen molar-refractivity contribution < 1.29 is 18.0 Å². The number of halogens is 3. The molecule has 178 valence electrons. The standard InChI is InChI=1S/C23H29F3N6O/c1-22(2)8-7-13(10-29-22)30-21-28-12-17(23(24,25)26)18(31-21)16-11-27-19-15(16)4-3-9-32(20(19)33)14-5-6-14/h11-14,27,29H,3-10H2,1-2H3,(H,28,30,31). The number of H-pyrrole nitrogens is 1. The first-order valence-electron chi connectivity index (χ1n) is 11.6. The molecule has 0 spiro atoms. The minimum absolute atomic E-state index is 0.0274. The predicted octanol–water partition coefficient (Wildman–Crippen LogP) is 3.98. The fourth-order valence-corrected chi connectivity index (χ4v) is 4.82. The van der Waals surface area contributed by atoms with Gasteiger partial charge in [0.1, 0.15) is 11.3 Å². The summed E-state index contributed by atoms with van der Waals surface area (Å²) in [4.78, 5) is 26.2. The first-order valence-corrected chi connectivity index (χ1v) is 11.6. The third-order valence-electron chi connectivity index (χ3n) is 6.90. The number of aromatic amines is 1. The minimum atomic E-state index is -4.61. The number of anilines is 1. The van der Waals surface area contributed by atoms with Crippen molar-refractivity contribution in [3.05, 3.63) is 29.2 Å². The molecule has 1 saturated carbocycles. The van der Waals surface area contributed by atoms with Crippen LogP contribution in [0.5, 0.6) is 0 Å². The molecule has 2 fully saturated rings. The molecular weight excluding hydrogens is 433 g/mol. The molecule has 5 rings (SSSR count). The number of alkyl halides is 3. The lowest BCUT2D eigenvalue weighted by Gasteiger charge is -2.36. The van der Waals surface area contributed by atoms with Crippen LogP contribution in [0.2, 0.25) is 0 Å². The lowest BCUT2D eigenvalue weighted by molar-refractivity contribution is -0.137. The fraction of sp³-hybridized carbons (Fsp3) is 0.609. The highest BCUT2D eigenvalue weighted by Gasteiger charge is 2.39. The van der Waals surface area contributed by atoms with Crippen LogP contribution in [0.1, 0.15) is 67.6 Å². The van der Waals surface area contributed by atoms with E-state index in [4.69, 9.17) is 0 Å². The molecule has 2 aromatic heterocycles. The summed E-state index contributed by atoms with van der Waals surface area (Å²) in [5.74, 6) is 0.0344. The van der Waals surface area contributed by atoms with Crippen LogP contribution in [0.25, 0.3) is 11.3 Å². The van der Waals surface area contributed by atoms with Gasteiger partial charge in [0, 0.05) is 48.7 Å². The summed E-state index contributed by atoms with van der Waals surface area (Å²) in [5.41, 5.74) is 0.279. The van der Waals surface area contributed by atoms with Crippen LogP contribution < -0.4 is 10.6 Å². The summed E-state index contributed by atoms with van der Waals surface area (Å²) in [6.45, 7) is 5.55. The Morgan fingerprint density at radius 1 is 1.24 bits per heavy atom. The lowest BCUT2D eigenvalue weighted by atomic mass is 9.91. The number of hydrogen-bond donors (Lipinski definition) is 3. The van der Waals surface area contributed by atoms with Gasteiger partial charge in [0.15, 0.2) is 0 Å². The topological polar surface area (TPSA) is 85.9 Å². The van der Waals surface area contributed by atoms with E-state index in [0.29, 0.717) is 42.8 Å². The molecule has 4 heterocycles. The maximum atomic E-state index is 13.9. The van der Waals surface area contributed by atoms with Gasteiger partial charge in [0.05, 0.1) is 5.69 Å². The van der Waals surface area contributed by atoms with E-state index in [1.54, 1.807) is 0 Å². The maximum absolute atomic E-state index is 13.9. The quantitative estimate of drug-likeness (QED) is 0.640. The molecule has 1 unspecified atom stereocenters. The molecule has 0 bridgehead atoms. The SMILES string of the molecule is CC1(C)CCC(Nc2ncc(C(F)(F)F)c(-c3c[nH]c4c3CCCN(C3CC3)C4=O)n2)CN1. The molecule has 1 aliphatic carbocycles. The average molecular weight is 463 g/mol. The van der Waals surface area contributed by atoms with E-state index in [2.05, 4.69) is 39.4 Å². The lowest BCUT2D eigenvalue weighted by Crippen LogP contribution is -2.50. The van der Waals surface area contributed by atoms with Crippen molar-refractivity contribution in [2.24, 2.45) is 0 Å². The summed E-state index contributed by atoms with van der Waals surface area (Å²) >= 11 is 0. The van der Waals surface area contributed by atoms with Gasteiger partial charge in [-0.05, 0) is 57.9 Å². The van der Waals surface area contributed by atoms with E-state index in [1.165, 1.54) is 6.20 Å². The fourth-order valence-electron chi connectivity index (χ4n) is 4.82. The van der Waals surface area contributed by atoms with Crippen molar-refractivity contribution in [2.75, 3.05) is 18.4 Å². The number of piperidine rings is 1. The molecule has 2 aliphatic heterocycles. The number of nitrogens with one attached hydrogen (secondary N) is 3. The molecular formula is C23H29F3N6O. The highest BCUT2D eigenvalue weighted by molar-refractivity contribution is 5.97. The molecule has 3 N–H and O–H groups in total. The number of carbonyl (C=O) groups is 1. The molecule has 2 aromatic rings. The Hall–Kier alpha value is -2.62. The minimum Gasteiger partial charge on any atom is -0.356 e. The van der Waals surface area contributed by atoms with Gasteiger partial charge in [-0.15, -0.1) is 0 Å². The van der Waals surface area contributed by atoms with Crippen LogP contribution in [0.4, 0.5) is 19.1 Å². The second-order valence-corrected chi connectivity index (χ2v) is 9.99. The van der Waals surface area contributed by atoms with E-state index in [-0.39, 0.29) is 35.2 Å². The first kappa shape index (κ1) is 22.2. The molecule has 1 amide bonds. The normalized spacial score (nSPS) is 23.2. The van der Waals surface area contributed by atoms with Crippen LogP contribution in [0.3, 0.4) is 0 Å². The first-order chi connectivity index (χ1) is 15.6. The van der Waals surface area contributed by atoms with Gasteiger partial charge in [-0.25, -0.2) is 9.97 Å². The number of carbonyl (C=O) groups excluding carboxylic acids is 1. The smallest absolute Gasteiger partial charge is 0.356 e. The number of hydrogen-bond acceptors (Lipinski definition) is 5. The Bertz CT molecular complexity index is 1050. The molecule has 7 nitrogen and oxygen atoms in total. The second-order valence-electron chi connectivity index (χ2n) is 9.99. The second kappa shape index (κ2) is 8.00. The van der Waals surface area contributed by atoms with Crippen molar-refractivity contribution in [1.82, 2.24) is 25.2 Å². The van der Waals surface area contributed by atoms with E-state index in [9.17, 15) is 18.0 Å². The third kappa shape index (κ3) is 4.45. The largest absolute Gasteiger partial charge is 0.419 e. The summed E-state index contributed by atoms with van der Waals surface area (Å²) in [5, 5.41) is 6.63. The van der Waals surface area contributed by atoms with Gasteiger partial charge in [0.25, 0.3) is 5.91 Å². The van der Waals surface area contributed by atoms with Gasteiger partial charge in [-0.2, -0.15) is 13.2 Å². The summed E-state index contributed by atoms with van der Waals surface area (Å²) < 4.78 is 41.7. The Balaban J connectivity index is 1.49. The van der Waals surface area contributed by atoms with Gasteiger partial charge in [-0.3, -0.25) is 4.79 Å². The summed E-state index contributed by atoms with van der Waals surface area (Å²) in [6, 6.07) is 0.282. The van der Waals surface area contributed by atoms with Crippen molar-refractivity contribution in [2.45, 2.75) is 76.2 Å². The molecule has 0 aromatic carbocycles. The van der Waals surface area contributed by atoms with Crippen molar-refractivity contribution in [3.63, 3.8) is 0 Å². The molecule has 1 saturated heterocycles. The van der Waals surface area contributed by atoms with Gasteiger partial charge in [0.2, 0.25) is 5.95 Å². The van der Waals surface area contributed by atoms with Gasteiger partial charge in [-0.1, -0.05) is 0 Å². The van der Waals surface area contributed by atoms with E-state index in [1.807, 2.05) is 4.90 Å². The Morgan fingerprint density at radius 3 is 2.70 bits per heavy atom. The molecule has 33 heavy (non-hydrogen) atoms. The van der Waals surface area contributed by atoms with Crippen LogP contribution in [-0.4, -0.2) is 56.5 Å². The molecule has 0 radical (unpaired) electrons. The summed E-state index contributed by atoms with van der Waals surface area (Å²) in [7, 11) is 0. The number of fused-ring (bicyclic) bond motifs is 1. The van der Waals surface area contributed by atoms with E-state index < -0.39 is 11.7 Å². The van der Waals surface area contributed by atoms with Crippen LogP contribution in [-0.2, 0) is 12.6 Å². The number of aromatic nitrogens is 3. The Labute approximate surface area is 190 Å². The zero-order valence-electron chi connectivity index (χ0n) is 18.9. The molecule has 10 heteroatoms.